The highest BCUT2D eigenvalue weighted by atomic mass is 35.5. The van der Waals surface area contributed by atoms with Crippen LogP contribution in [0.5, 0.6) is 0 Å². The lowest BCUT2D eigenvalue weighted by atomic mass is 10.1. The number of carbonyl (C=O) groups excluding carboxylic acids is 1. The number of rotatable bonds is 2. The molecule has 3 rings (SSSR count). The minimum Gasteiger partial charge on any atom is -0.333 e. The van der Waals surface area contributed by atoms with Crippen molar-refractivity contribution < 1.29 is 4.79 Å². The Hall–Kier alpha value is -1.06. The first-order valence-electron chi connectivity index (χ1n) is 7.39. The number of piperazine rings is 1. The van der Waals surface area contributed by atoms with Gasteiger partial charge in [0.1, 0.15) is 0 Å². The zero-order valence-corrected chi connectivity index (χ0v) is 12.6. The third-order valence-electron chi connectivity index (χ3n) is 4.55. The Kier molecular flexibility index (Phi) is 3.99. The van der Waals surface area contributed by atoms with Gasteiger partial charge in [0.15, 0.2) is 0 Å². The van der Waals surface area contributed by atoms with Crippen molar-refractivity contribution in [2.75, 3.05) is 19.6 Å². The van der Waals surface area contributed by atoms with Crippen molar-refractivity contribution in [3.63, 3.8) is 0 Å². The molecular weight excluding hydrogens is 272 g/mol. The highest BCUT2D eigenvalue weighted by molar-refractivity contribution is 6.17. The molecule has 0 radical (unpaired) electrons. The zero-order chi connectivity index (χ0) is 14.1. The highest BCUT2D eigenvalue weighted by Gasteiger charge is 2.36. The molecule has 2 atom stereocenters. The topological polar surface area (TPSA) is 23.6 Å². The normalized spacial score (nSPS) is 26.6. The minimum atomic E-state index is 0.158. The largest absolute Gasteiger partial charge is 0.333 e. The second-order valence-electron chi connectivity index (χ2n) is 5.93. The van der Waals surface area contributed by atoms with E-state index in [1.807, 2.05) is 29.2 Å². The number of hydrogen-bond acceptors (Lipinski definition) is 2. The van der Waals surface area contributed by atoms with Crippen LogP contribution in [0.1, 0.15) is 35.7 Å². The molecule has 0 N–H and O–H groups in total. The molecule has 1 aromatic carbocycles. The molecule has 108 valence electrons. The molecule has 20 heavy (non-hydrogen) atoms. The second-order valence-corrected chi connectivity index (χ2v) is 6.20. The fourth-order valence-corrected chi connectivity index (χ4v) is 3.55. The van der Waals surface area contributed by atoms with Gasteiger partial charge in [-0.3, -0.25) is 9.69 Å². The molecule has 0 aliphatic carbocycles. The van der Waals surface area contributed by atoms with Gasteiger partial charge in [0.2, 0.25) is 0 Å². The van der Waals surface area contributed by atoms with Crippen molar-refractivity contribution in [3.05, 3.63) is 35.4 Å². The second kappa shape index (κ2) is 5.74. The summed E-state index contributed by atoms with van der Waals surface area (Å²) in [6.07, 6.45) is 2.49. The van der Waals surface area contributed by atoms with E-state index in [1.165, 1.54) is 19.4 Å². The number of benzene rings is 1. The molecule has 2 aliphatic heterocycles. The number of hydrogen-bond donors (Lipinski definition) is 0. The Labute approximate surface area is 125 Å². The molecule has 1 aromatic rings. The van der Waals surface area contributed by atoms with Crippen LogP contribution in [0.3, 0.4) is 0 Å². The Balaban J connectivity index is 1.75. The van der Waals surface area contributed by atoms with Crippen molar-refractivity contribution >= 4 is 17.5 Å². The number of fused-ring (bicyclic) bond motifs is 1. The maximum Gasteiger partial charge on any atom is 0.254 e. The molecule has 0 spiro atoms. The van der Waals surface area contributed by atoms with Gasteiger partial charge >= 0.3 is 0 Å². The fourth-order valence-electron chi connectivity index (χ4n) is 3.37. The van der Waals surface area contributed by atoms with E-state index in [0.29, 0.717) is 18.0 Å². The predicted molar refractivity (Wildman–Crippen MR) is 81.1 cm³/mol. The third-order valence-corrected chi connectivity index (χ3v) is 4.86. The average molecular weight is 293 g/mol. The quantitative estimate of drug-likeness (QED) is 0.783. The fraction of sp³-hybridized carbons (Fsp3) is 0.562. The van der Waals surface area contributed by atoms with Crippen LogP contribution < -0.4 is 0 Å². The van der Waals surface area contributed by atoms with Crippen molar-refractivity contribution in [2.24, 2.45) is 0 Å². The maximum absolute atomic E-state index is 12.7. The summed E-state index contributed by atoms with van der Waals surface area (Å²) in [7, 11) is 0. The molecule has 0 bridgehead atoms. The lowest BCUT2D eigenvalue weighted by Crippen LogP contribution is -2.56. The first-order valence-corrected chi connectivity index (χ1v) is 7.92. The van der Waals surface area contributed by atoms with Crippen LogP contribution in [0.25, 0.3) is 0 Å². The number of halogens is 1. The highest BCUT2D eigenvalue weighted by Crippen LogP contribution is 2.25. The summed E-state index contributed by atoms with van der Waals surface area (Å²) in [5.74, 6) is 0.649. The SMILES string of the molecule is CC1CN2CCCC2CN1C(=O)c1ccc(CCl)cc1. The summed E-state index contributed by atoms with van der Waals surface area (Å²) in [6, 6.07) is 8.54. The van der Waals surface area contributed by atoms with E-state index in [0.717, 1.165) is 24.2 Å². The smallest absolute Gasteiger partial charge is 0.254 e. The molecule has 2 fully saturated rings. The number of carbonyl (C=O) groups is 1. The van der Waals surface area contributed by atoms with E-state index in [4.69, 9.17) is 11.6 Å². The summed E-state index contributed by atoms with van der Waals surface area (Å²) < 4.78 is 0. The summed E-state index contributed by atoms with van der Waals surface area (Å²) >= 11 is 5.79. The Morgan fingerprint density at radius 2 is 2.05 bits per heavy atom. The number of alkyl halides is 1. The molecule has 2 unspecified atom stereocenters. The van der Waals surface area contributed by atoms with Gasteiger partial charge in [0, 0.05) is 36.6 Å². The maximum atomic E-state index is 12.7. The molecule has 2 aliphatic rings. The van der Waals surface area contributed by atoms with E-state index in [9.17, 15) is 4.79 Å². The van der Waals surface area contributed by atoms with Crippen LogP contribution in [-0.2, 0) is 5.88 Å². The van der Waals surface area contributed by atoms with Gasteiger partial charge in [-0.05, 0) is 44.0 Å². The summed E-state index contributed by atoms with van der Waals surface area (Å²) in [5, 5.41) is 0. The van der Waals surface area contributed by atoms with Crippen molar-refractivity contribution in [2.45, 2.75) is 37.7 Å². The Morgan fingerprint density at radius 1 is 1.30 bits per heavy atom. The van der Waals surface area contributed by atoms with E-state index < -0.39 is 0 Å². The van der Waals surface area contributed by atoms with E-state index in [1.54, 1.807) is 0 Å². The first-order chi connectivity index (χ1) is 9.69. The molecule has 2 saturated heterocycles. The average Bonchev–Trinajstić information content (AvgIpc) is 2.93. The molecule has 1 amide bonds. The zero-order valence-electron chi connectivity index (χ0n) is 11.9. The van der Waals surface area contributed by atoms with Gasteiger partial charge in [0.05, 0.1) is 0 Å². The van der Waals surface area contributed by atoms with Crippen molar-refractivity contribution in [1.29, 1.82) is 0 Å². The van der Waals surface area contributed by atoms with Gasteiger partial charge in [-0.15, -0.1) is 11.6 Å². The Morgan fingerprint density at radius 3 is 2.75 bits per heavy atom. The van der Waals surface area contributed by atoms with Crippen LogP contribution in [0.2, 0.25) is 0 Å². The minimum absolute atomic E-state index is 0.158. The van der Waals surface area contributed by atoms with Crippen LogP contribution in [0.4, 0.5) is 0 Å². The molecule has 2 heterocycles. The molecule has 3 nitrogen and oxygen atoms in total. The third kappa shape index (κ3) is 2.57. The molecular formula is C16H21ClN2O. The summed E-state index contributed by atoms with van der Waals surface area (Å²) in [4.78, 5) is 17.2. The van der Waals surface area contributed by atoms with Crippen molar-refractivity contribution in [1.82, 2.24) is 9.80 Å². The van der Waals surface area contributed by atoms with Gasteiger partial charge in [-0.1, -0.05) is 12.1 Å². The monoisotopic (exact) mass is 292 g/mol. The first kappa shape index (κ1) is 13.9. The molecule has 0 saturated carbocycles. The molecule has 4 heteroatoms. The van der Waals surface area contributed by atoms with Crippen molar-refractivity contribution in [3.8, 4) is 0 Å². The van der Waals surface area contributed by atoms with E-state index in [2.05, 4.69) is 11.8 Å². The van der Waals surface area contributed by atoms with Gasteiger partial charge in [0.25, 0.3) is 5.91 Å². The van der Waals surface area contributed by atoms with Crippen LogP contribution >= 0.6 is 11.6 Å². The van der Waals surface area contributed by atoms with Crippen LogP contribution in [0.15, 0.2) is 24.3 Å². The predicted octanol–water partition coefficient (Wildman–Crippen LogP) is 2.73. The number of nitrogens with zero attached hydrogens (tertiary/aromatic N) is 2. The Bertz CT molecular complexity index is 488. The molecule has 0 aromatic heterocycles. The van der Waals surface area contributed by atoms with E-state index >= 15 is 0 Å². The van der Waals surface area contributed by atoms with Gasteiger partial charge < -0.3 is 4.90 Å². The standard InChI is InChI=1S/C16H21ClN2O/c1-12-10-18-8-2-3-15(18)11-19(12)16(20)14-6-4-13(9-17)5-7-14/h4-7,12,15H,2-3,8-11H2,1H3. The van der Waals surface area contributed by atoms with E-state index in [-0.39, 0.29) is 5.91 Å². The summed E-state index contributed by atoms with van der Waals surface area (Å²) in [5.41, 5.74) is 1.83. The lowest BCUT2D eigenvalue weighted by molar-refractivity contribution is 0.0395. The van der Waals surface area contributed by atoms with Crippen LogP contribution in [-0.4, -0.2) is 47.4 Å². The summed E-state index contributed by atoms with van der Waals surface area (Å²) in [6.45, 7) is 5.23. The number of amides is 1. The van der Waals surface area contributed by atoms with Gasteiger partial charge in [-0.25, -0.2) is 0 Å². The lowest BCUT2D eigenvalue weighted by Gasteiger charge is -2.42. The van der Waals surface area contributed by atoms with Gasteiger partial charge in [-0.2, -0.15) is 0 Å². The van der Waals surface area contributed by atoms with Crippen LogP contribution in [0, 0.1) is 0 Å².